The third-order valence-corrected chi connectivity index (χ3v) is 2.48. The maximum absolute atomic E-state index is 11.6. The molecule has 3 heteroatoms. The van der Waals surface area contributed by atoms with Crippen LogP contribution in [0.25, 0.3) is 0 Å². The summed E-state index contributed by atoms with van der Waals surface area (Å²) in [5.74, 6) is 0. The second kappa shape index (κ2) is 5.70. The summed E-state index contributed by atoms with van der Waals surface area (Å²) < 4.78 is 0. The number of carbonyl (C=O) groups excluding carboxylic acids is 1. The van der Waals surface area contributed by atoms with Crippen molar-refractivity contribution in [2.45, 2.75) is 13.3 Å². The molecule has 0 atom stereocenters. The highest BCUT2D eigenvalue weighted by atomic mass is 32.2. The molecule has 0 saturated carbocycles. The highest BCUT2D eigenvalue weighted by molar-refractivity contribution is 8.13. The molecule has 0 radical (unpaired) electrons. The minimum atomic E-state index is 0.109. The van der Waals surface area contributed by atoms with Crippen LogP contribution in [0.1, 0.15) is 13.3 Å². The summed E-state index contributed by atoms with van der Waals surface area (Å²) >= 11 is 1.25. The number of benzene rings is 1. The Morgan fingerprint density at radius 1 is 1.36 bits per heavy atom. The normalized spacial score (nSPS) is 9.86. The van der Waals surface area contributed by atoms with Gasteiger partial charge in [-0.05, 0) is 24.8 Å². The van der Waals surface area contributed by atoms with Gasteiger partial charge in [0.05, 0.1) is 0 Å². The zero-order chi connectivity index (χ0) is 10.4. The lowest BCUT2D eigenvalue weighted by Gasteiger charge is -2.20. The standard InChI is InChI=1S/C11H15NOS/c1-3-9-12(11(13)14-2)10-7-5-4-6-8-10/h4-8H,3,9H2,1-2H3. The van der Waals surface area contributed by atoms with Crippen molar-refractivity contribution in [1.29, 1.82) is 0 Å². The lowest BCUT2D eigenvalue weighted by molar-refractivity contribution is 0.265. The molecular formula is C11H15NOS. The number of amides is 1. The van der Waals surface area contributed by atoms with E-state index in [0.29, 0.717) is 0 Å². The molecular weight excluding hydrogens is 194 g/mol. The number of rotatable bonds is 3. The zero-order valence-electron chi connectivity index (χ0n) is 8.56. The third-order valence-electron chi connectivity index (χ3n) is 1.91. The van der Waals surface area contributed by atoms with Gasteiger partial charge in [-0.25, -0.2) is 0 Å². The maximum atomic E-state index is 11.6. The molecule has 1 rings (SSSR count). The van der Waals surface area contributed by atoms with Crippen molar-refractivity contribution in [2.24, 2.45) is 0 Å². The molecule has 1 aromatic rings. The molecule has 0 heterocycles. The van der Waals surface area contributed by atoms with Crippen molar-refractivity contribution in [3.63, 3.8) is 0 Å². The first-order valence-electron chi connectivity index (χ1n) is 4.70. The number of carbonyl (C=O) groups is 1. The Labute approximate surface area is 89.3 Å². The van der Waals surface area contributed by atoms with Gasteiger partial charge in [0.2, 0.25) is 0 Å². The van der Waals surface area contributed by atoms with Gasteiger partial charge in [0.25, 0.3) is 5.24 Å². The first kappa shape index (κ1) is 11.1. The third kappa shape index (κ3) is 2.77. The minimum absolute atomic E-state index is 0.109. The van der Waals surface area contributed by atoms with Crippen LogP contribution in [-0.2, 0) is 0 Å². The largest absolute Gasteiger partial charge is 0.303 e. The Kier molecular flexibility index (Phi) is 4.53. The van der Waals surface area contributed by atoms with Crippen LogP contribution in [0, 0.1) is 0 Å². The molecule has 0 saturated heterocycles. The Bertz CT molecular complexity index is 287. The van der Waals surface area contributed by atoms with E-state index < -0.39 is 0 Å². The maximum Gasteiger partial charge on any atom is 0.285 e. The lowest BCUT2D eigenvalue weighted by atomic mass is 10.3. The molecule has 0 unspecified atom stereocenters. The van der Waals surface area contributed by atoms with E-state index in [1.807, 2.05) is 41.5 Å². The van der Waals surface area contributed by atoms with Crippen LogP contribution in [0.3, 0.4) is 0 Å². The topological polar surface area (TPSA) is 20.3 Å². The van der Waals surface area contributed by atoms with Crippen LogP contribution >= 0.6 is 11.8 Å². The van der Waals surface area contributed by atoms with E-state index in [0.717, 1.165) is 18.7 Å². The lowest BCUT2D eigenvalue weighted by Crippen LogP contribution is -2.27. The first-order chi connectivity index (χ1) is 6.79. The van der Waals surface area contributed by atoms with E-state index >= 15 is 0 Å². The highest BCUT2D eigenvalue weighted by Gasteiger charge is 2.12. The summed E-state index contributed by atoms with van der Waals surface area (Å²) in [7, 11) is 0. The SMILES string of the molecule is CCCN(C(=O)SC)c1ccccc1. The number of para-hydroxylation sites is 1. The van der Waals surface area contributed by atoms with Crippen LogP contribution < -0.4 is 4.90 Å². The average molecular weight is 209 g/mol. The van der Waals surface area contributed by atoms with E-state index in [2.05, 4.69) is 6.92 Å². The van der Waals surface area contributed by atoms with Crippen LogP contribution in [-0.4, -0.2) is 18.0 Å². The smallest absolute Gasteiger partial charge is 0.285 e. The molecule has 76 valence electrons. The predicted octanol–water partition coefficient (Wildman–Crippen LogP) is 3.39. The van der Waals surface area contributed by atoms with Gasteiger partial charge in [-0.15, -0.1) is 0 Å². The fourth-order valence-electron chi connectivity index (χ4n) is 1.27. The fourth-order valence-corrected chi connectivity index (χ4v) is 1.68. The second-order valence-corrected chi connectivity index (χ2v) is 3.71. The van der Waals surface area contributed by atoms with Crippen LogP contribution in [0.15, 0.2) is 30.3 Å². The molecule has 0 bridgehead atoms. The van der Waals surface area contributed by atoms with Gasteiger partial charge in [0, 0.05) is 12.2 Å². The summed E-state index contributed by atoms with van der Waals surface area (Å²) in [5.41, 5.74) is 0.980. The van der Waals surface area contributed by atoms with Crippen LogP contribution in [0.5, 0.6) is 0 Å². The Morgan fingerprint density at radius 3 is 2.50 bits per heavy atom. The van der Waals surface area contributed by atoms with E-state index in [-0.39, 0.29) is 5.24 Å². The number of anilines is 1. The summed E-state index contributed by atoms with van der Waals surface area (Å²) in [4.78, 5) is 13.4. The molecule has 1 aromatic carbocycles. The predicted molar refractivity (Wildman–Crippen MR) is 63.0 cm³/mol. The molecule has 0 fully saturated rings. The summed E-state index contributed by atoms with van der Waals surface area (Å²) in [5, 5.41) is 0.109. The van der Waals surface area contributed by atoms with E-state index in [4.69, 9.17) is 0 Å². The van der Waals surface area contributed by atoms with Crippen molar-refractivity contribution in [3.05, 3.63) is 30.3 Å². The first-order valence-corrected chi connectivity index (χ1v) is 5.92. The van der Waals surface area contributed by atoms with Crippen LogP contribution in [0.4, 0.5) is 10.5 Å². The van der Waals surface area contributed by atoms with Crippen molar-refractivity contribution in [1.82, 2.24) is 0 Å². The van der Waals surface area contributed by atoms with E-state index in [1.165, 1.54) is 11.8 Å². The molecule has 0 spiro atoms. The van der Waals surface area contributed by atoms with Gasteiger partial charge < -0.3 is 4.90 Å². The zero-order valence-corrected chi connectivity index (χ0v) is 9.38. The molecule has 2 nitrogen and oxygen atoms in total. The van der Waals surface area contributed by atoms with Crippen molar-refractivity contribution < 1.29 is 4.79 Å². The Morgan fingerprint density at radius 2 is 2.00 bits per heavy atom. The fraction of sp³-hybridized carbons (Fsp3) is 0.364. The minimum Gasteiger partial charge on any atom is -0.303 e. The monoisotopic (exact) mass is 209 g/mol. The van der Waals surface area contributed by atoms with Gasteiger partial charge in [0.1, 0.15) is 0 Å². The Hall–Kier alpha value is -0.960. The highest BCUT2D eigenvalue weighted by Crippen LogP contribution is 2.17. The van der Waals surface area contributed by atoms with Crippen LogP contribution in [0.2, 0.25) is 0 Å². The molecule has 0 N–H and O–H groups in total. The molecule has 14 heavy (non-hydrogen) atoms. The van der Waals surface area contributed by atoms with Gasteiger partial charge >= 0.3 is 0 Å². The number of thioether (sulfide) groups is 1. The van der Waals surface area contributed by atoms with Gasteiger partial charge in [-0.3, -0.25) is 4.79 Å². The number of nitrogens with zero attached hydrogens (tertiary/aromatic N) is 1. The molecule has 1 amide bonds. The van der Waals surface area contributed by atoms with Crippen molar-refractivity contribution in [2.75, 3.05) is 17.7 Å². The second-order valence-electron chi connectivity index (χ2n) is 2.96. The van der Waals surface area contributed by atoms with Gasteiger partial charge in [-0.2, -0.15) is 0 Å². The van der Waals surface area contributed by atoms with Gasteiger partial charge in [0.15, 0.2) is 0 Å². The number of hydrogen-bond acceptors (Lipinski definition) is 2. The summed E-state index contributed by atoms with van der Waals surface area (Å²) in [6.45, 7) is 2.85. The summed E-state index contributed by atoms with van der Waals surface area (Å²) in [6.07, 6.45) is 2.79. The number of hydrogen-bond donors (Lipinski definition) is 0. The molecule has 0 aliphatic carbocycles. The molecule has 0 aliphatic heterocycles. The quantitative estimate of drug-likeness (QED) is 0.760. The Balaban J connectivity index is 2.83. The van der Waals surface area contributed by atoms with E-state index in [9.17, 15) is 4.79 Å². The molecule has 0 aromatic heterocycles. The van der Waals surface area contributed by atoms with Crippen molar-refractivity contribution in [3.8, 4) is 0 Å². The summed E-state index contributed by atoms with van der Waals surface area (Å²) in [6, 6.07) is 9.78. The average Bonchev–Trinajstić information content (AvgIpc) is 2.26. The molecule has 0 aliphatic rings. The van der Waals surface area contributed by atoms with Crippen molar-refractivity contribution >= 4 is 22.7 Å². The van der Waals surface area contributed by atoms with Gasteiger partial charge in [-0.1, -0.05) is 36.9 Å². The van der Waals surface area contributed by atoms with E-state index in [1.54, 1.807) is 0 Å².